The Hall–Kier alpha value is -1.75. The molecule has 1 aliphatic carbocycles. The van der Waals surface area contributed by atoms with Crippen molar-refractivity contribution in [2.45, 2.75) is 45.9 Å². The number of hydrogen-bond donors (Lipinski definition) is 1. The molecule has 5 nitrogen and oxygen atoms in total. The molecule has 3 rings (SSSR count). The minimum Gasteiger partial charge on any atom is -0.470 e. The van der Waals surface area contributed by atoms with Crippen molar-refractivity contribution >= 4 is 0 Å². The number of nitrogens with zero attached hydrogens (tertiary/aromatic N) is 2. The SMILES string of the molecule is Cc1cc(OCc2cc(CNC3CC3)c(C)o2)n(C)n1. The number of rotatable bonds is 6. The van der Waals surface area contributed by atoms with Crippen LogP contribution in [0.4, 0.5) is 0 Å². The van der Waals surface area contributed by atoms with Crippen LogP contribution in [0.3, 0.4) is 0 Å². The van der Waals surface area contributed by atoms with Crippen molar-refractivity contribution in [1.29, 1.82) is 0 Å². The van der Waals surface area contributed by atoms with Crippen LogP contribution in [-0.4, -0.2) is 15.8 Å². The largest absolute Gasteiger partial charge is 0.470 e. The fourth-order valence-corrected chi connectivity index (χ4v) is 2.24. The lowest BCUT2D eigenvalue weighted by Crippen LogP contribution is -2.15. The van der Waals surface area contributed by atoms with E-state index in [1.807, 2.05) is 27.0 Å². The Balaban J connectivity index is 1.59. The van der Waals surface area contributed by atoms with Crippen LogP contribution in [0, 0.1) is 13.8 Å². The molecule has 0 amide bonds. The van der Waals surface area contributed by atoms with E-state index in [1.165, 1.54) is 18.4 Å². The number of hydrogen-bond acceptors (Lipinski definition) is 4. The highest BCUT2D eigenvalue weighted by Crippen LogP contribution is 2.22. The first-order valence-electron chi connectivity index (χ1n) is 7.07. The molecule has 1 N–H and O–H groups in total. The topological polar surface area (TPSA) is 52.2 Å². The summed E-state index contributed by atoms with van der Waals surface area (Å²) in [6.07, 6.45) is 2.60. The molecule has 20 heavy (non-hydrogen) atoms. The molecule has 1 aliphatic rings. The lowest BCUT2D eigenvalue weighted by Gasteiger charge is -2.03. The number of nitrogens with one attached hydrogen (secondary N) is 1. The maximum absolute atomic E-state index is 5.74. The second-order valence-electron chi connectivity index (χ2n) is 5.49. The van der Waals surface area contributed by atoms with E-state index in [0.29, 0.717) is 12.6 Å². The Morgan fingerprint density at radius 1 is 1.40 bits per heavy atom. The zero-order valence-corrected chi connectivity index (χ0v) is 12.3. The van der Waals surface area contributed by atoms with Gasteiger partial charge in [-0.3, -0.25) is 0 Å². The average Bonchev–Trinajstić information content (AvgIpc) is 3.08. The Bertz CT molecular complexity index is 596. The van der Waals surface area contributed by atoms with E-state index in [9.17, 15) is 0 Å². The van der Waals surface area contributed by atoms with Crippen molar-refractivity contribution in [3.05, 3.63) is 34.9 Å². The second kappa shape index (κ2) is 5.32. The quantitative estimate of drug-likeness (QED) is 0.880. The molecule has 1 fully saturated rings. The van der Waals surface area contributed by atoms with Crippen LogP contribution in [0.25, 0.3) is 0 Å². The van der Waals surface area contributed by atoms with Gasteiger partial charge >= 0.3 is 0 Å². The minimum absolute atomic E-state index is 0.434. The Morgan fingerprint density at radius 2 is 2.20 bits per heavy atom. The summed E-state index contributed by atoms with van der Waals surface area (Å²) < 4.78 is 13.2. The number of aryl methyl sites for hydroxylation is 3. The third-order valence-corrected chi connectivity index (χ3v) is 3.55. The van der Waals surface area contributed by atoms with E-state index >= 15 is 0 Å². The predicted octanol–water partition coefficient (Wildman–Crippen LogP) is 2.46. The molecule has 0 unspecified atom stereocenters. The van der Waals surface area contributed by atoms with Gasteiger partial charge in [-0.05, 0) is 32.8 Å². The Labute approximate surface area is 118 Å². The fraction of sp³-hybridized carbons (Fsp3) is 0.533. The molecule has 108 valence electrons. The highest BCUT2D eigenvalue weighted by atomic mass is 16.5. The van der Waals surface area contributed by atoms with Crippen LogP contribution in [0.2, 0.25) is 0 Å². The average molecular weight is 275 g/mol. The Kier molecular flexibility index (Phi) is 3.53. The molecule has 0 radical (unpaired) electrons. The molecule has 0 aromatic carbocycles. The number of aromatic nitrogens is 2. The first-order valence-corrected chi connectivity index (χ1v) is 7.07. The monoisotopic (exact) mass is 275 g/mol. The van der Waals surface area contributed by atoms with Gasteiger partial charge in [-0.1, -0.05) is 0 Å². The van der Waals surface area contributed by atoms with Gasteiger partial charge in [-0.25, -0.2) is 4.68 Å². The van der Waals surface area contributed by atoms with E-state index in [0.717, 1.165) is 29.6 Å². The van der Waals surface area contributed by atoms with Gasteiger partial charge in [-0.2, -0.15) is 5.10 Å². The molecular weight excluding hydrogens is 254 g/mol. The van der Waals surface area contributed by atoms with E-state index < -0.39 is 0 Å². The smallest absolute Gasteiger partial charge is 0.212 e. The predicted molar refractivity (Wildman–Crippen MR) is 75.6 cm³/mol. The maximum Gasteiger partial charge on any atom is 0.212 e. The van der Waals surface area contributed by atoms with E-state index in [-0.39, 0.29) is 0 Å². The summed E-state index contributed by atoms with van der Waals surface area (Å²) in [7, 11) is 1.88. The maximum atomic E-state index is 5.74. The highest BCUT2D eigenvalue weighted by Gasteiger charge is 2.21. The van der Waals surface area contributed by atoms with Crippen molar-refractivity contribution in [2.75, 3.05) is 0 Å². The third kappa shape index (κ3) is 3.04. The lowest BCUT2D eigenvalue weighted by molar-refractivity contribution is 0.247. The summed E-state index contributed by atoms with van der Waals surface area (Å²) >= 11 is 0. The van der Waals surface area contributed by atoms with Gasteiger partial charge in [0.05, 0.1) is 5.69 Å². The van der Waals surface area contributed by atoms with Gasteiger partial charge in [0.25, 0.3) is 0 Å². The van der Waals surface area contributed by atoms with Gasteiger partial charge in [-0.15, -0.1) is 0 Å². The summed E-state index contributed by atoms with van der Waals surface area (Å²) in [5.74, 6) is 2.58. The molecule has 0 saturated heterocycles. The molecule has 0 spiro atoms. The first kappa shape index (κ1) is 13.2. The van der Waals surface area contributed by atoms with E-state index in [2.05, 4.69) is 16.5 Å². The van der Waals surface area contributed by atoms with Gasteiger partial charge < -0.3 is 14.5 Å². The second-order valence-corrected chi connectivity index (χ2v) is 5.49. The molecular formula is C15H21N3O2. The molecule has 0 aliphatic heterocycles. The Morgan fingerprint density at radius 3 is 2.85 bits per heavy atom. The van der Waals surface area contributed by atoms with E-state index in [4.69, 9.17) is 9.15 Å². The van der Waals surface area contributed by atoms with Gasteiger partial charge in [0.15, 0.2) is 0 Å². The third-order valence-electron chi connectivity index (χ3n) is 3.55. The fourth-order valence-electron chi connectivity index (χ4n) is 2.24. The summed E-state index contributed by atoms with van der Waals surface area (Å²) in [6, 6.07) is 4.71. The van der Waals surface area contributed by atoms with Gasteiger partial charge in [0, 0.05) is 31.3 Å². The van der Waals surface area contributed by atoms with Gasteiger partial charge in [0.2, 0.25) is 5.88 Å². The van der Waals surface area contributed by atoms with Crippen LogP contribution in [0.15, 0.2) is 16.5 Å². The normalized spacial score (nSPS) is 14.8. The zero-order chi connectivity index (χ0) is 14.1. The molecule has 2 aromatic rings. The van der Waals surface area contributed by atoms with Crippen LogP contribution in [0.5, 0.6) is 5.88 Å². The number of ether oxygens (including phenoxy) is 1. The van der Waals surface area contributed by atoms with E-state index in [1.54, 1.807) is 4.68 Å². The lowest BCUT2D eigenvalue weighted by atomic mass is 10.2. The molecule has 0 bridgehead atoms. The summed E-state index contributed by atoms with van der Waals surface area (Å²) in [5, 5.41) is 7.75. The van der Waals surface area contributed by atoms with Crippen molar-refractivity contribution in [2.24, 2.45) is 7.05 Å². The highest BCUT2D eigenvalue weighted by molar-refractivity contribution is 5.21. The van der Waals surface area contributed by atoms with Crippen molar-refractivity contribution in [3.8, 4) is 5.88 Å². The van der Waals surface area contributed by atoms with Crippen LogP contribution in [-0.2, 0) is 20.2 Å². The minimum atomic E-state index is 0.434. The first-order chi connectivity index (χ1) is 9.61. The zero-order valence-electron chi connectivity index (χ0n) is 12.3. The molecule has 2 aromatic heterocycles. The summed E-state index contributed by atoms with van der Waals surface area (Å²) in [4.78, 5) is 0. The molecule has 1 saturated carbocycles. The van der Waals surface area contributed by atoms with Crippen LogP contribution in [0.1, 0.15) is 35.6 Å². The summed E-state index contributed by atoms with van der Waals surface area (Å²) in [6.45, 7) is 5.27. The molecule has 0 atom stereocenters. The van der Waals surface area contributed by atoms with Gasteiger partial charge in [0.1, 0.15) is 18.1 Å². The standard InChI is InChI=1S/C15H21N3O2/c1-10-6-15(18(3)17-10)19-9-14-7-12(11(2)20-14)8-16-13-4-5-13/h6-7,13,16H,4-5,8-9H2,1-3H3. The van der Waals surface area contributed by atoms with Crippen molar-refractivity contribution < 1.29 is 9.15 Å². The van der Waals surface area contributed by atoms with Crippen LogP contribution >= 0.6 is 0 Å². The number of furan rings is 1. The molecule has 2 heterocycles. The molecule has 5 heteroatoms. The van der Waals surface area contributed by atoms with Crippen molar-refractivity contribution in [1.82, 2.24) is 15.1 Å². The summed E-state index contributed by atoms with van der Waals surface area (Å²) in [5.41, 5.74) is 2.17. The van der Waals surface area contributed by atoms with Crippen molar-refractivity contribution in [3.63, 3.8) is 0 Å². The van der Waals surface area contributed by atoms with Crippen LogP contribution < -0.4 is 10.1 Å².